The van der Waals surface area contributed by atoms with Crippen molar-refractivity contribution in [2.45, 2.75) is 57.9 Å². The second-order valence-electron chi connectivity index (χ2n) is 9.00. The molecule has 0 bridgehead atoms. The molecule has 7 heteroatoms. The highest BCUT2D eigenvalue weighted by molar-refractivity contribution is 14.0. The molecule has 0 radical (unpaired) electrons. The molecule has 2 heterocycles. The highest BCUT2D eigenvalue weighted by Gasteiger charge is 2.29. The van der Waals surface area contributed by atoms with Crippen LogP contribution in [0.25, 0.3) is 0 Å². The zero-order valence-corrected chi connectivity index (χ0v) is 22.0. The van der Waals surface area contributed by atoms with Crippen molar-refractivity contribution in [1.82, 2.24) is 20.4 Å². The third-order valence-corrected chi connectivity index (χ3v) is 6.52. The van der Waals surface area contributed by atoms with Crippen LogP contribution in [-0.4, -0.2) is 53.9 Å². The van der Waals surface area contributed by atoms with E-state index in [9.17, 15) is 4.79 Å². The monoisotopic (exact) mass is 561 g/mol. The molecular weight excluding hydrogens is 525 g/mol. The summed E-state index contributed by atoms with van der Waals surface area (Å²) < 4.78 is 0. The number of benzene rings is 2. The number of nitrogens with one attached hydrogen (secondary N) is 2. The highest BCUT2D eigenvalue weighted by atomic mass is 127. The summed E-state index contributed by atoms with van der Waals surface area (Å²) in [4.78, 5) is 20.7. The molecule has 33 heavy (non-hydrogen) atoms. The molecule has 2 aromatic rings. The lowest BCUT2D eigenvalue weighted by atomic mass is 10.1. The lowest BCUT2D eigenvalue weighted by Crippen LogP contribution is -2.44. The molecule has 1 amide bonds. The van der Waals surface area contributed by atoms with Gasteiger partial charge in [-0.3, -0.25) is 14.7 Å². The summed E-state index contributed by atoms with van der Waals surface area (Å²) >= 11 is 0. The average molecular weight is 562 g/mol. The van der Waals surface area contributed by atoms with Crippen molar-refractivity contribution in [2.75, 3.05) is 20.1 Å². The number of carbonyl (C=O) groups excluding carboxylic acids is 1. The van der Waals surface area contributed by atoms with Crippen molar-refractivity contribution in [3.63, 3.8) is 0 Å². The summed E-state index contributed by atoms with van der Waals surface area (Å²) in [5.41, 5.74) is 3.75. The minimum atomic E-state index is 0. The van der Waals surface area contributed by atoms with Gasteiger partial charge in [0.2, 0.25) is 5.91 Å². The van der Waals surface area contributed by atoms with Gasteiger partial charge >= 0.3 is 0 Å². The van der Waals surface area contributed by atoms with Crippen LogP contribution >= 0.6 is 24.0 Å². The van der Waals surface area contributed by atoms with E-state index in [-0.39, 0.29) is 29.9 Å². The number of likely N-dealkylation sites (tertiary alicyclic amines) is 2. The van der Waals surface area contributed by atoms with E-state index in [1.807, 2.05) is 11.9 Å². The van der Waals surface area contributed by atoms with Crippen LogP contribution in [0.15, 0.2) is 59.6 Å². The fourth-order valence-corrected chi connectivity index (χ4v) is 4.67. The number of guanidine groups is 1. The van der Waals surface area contributed by atoms with E-state index in [1.54, 1.807) is 0 Å². The molecule has 2 atom stereocenters. The Hall–Kier alpha value is -2.13. The first-order valence-corrected chi connectivity index (χ1v) is 11.7. The quantitative estimate of drug-likeness (QED) is 0.307. The summed E-state index contributed by atoms with van der Waals surface area (Å²) in [5, 5.41) is 7.05. The molecule has 2 aliphatic heterocycles. The molecule has 2 fully saturated rings. The Labute approximate surface area is 214 Å². The number of amides is 1. The third kappa shape index (κ3) is 7.17. The fourth-order valence-electron chi connectivity index (χ4n) is 4.67. The largest absolute Gasteiger partial charge is 0.352 e. The molecule has 2 saturated heterocycles. The van der Waals surface area contributed by atoms with Crippen molar-refractivity contribution in [3.8, 4) is 0 Å². The highest BCUT2D eigenvalue weighted by Crippen LogP contribution is 2.20. The van der Waals surface area contributed by atoms with Gasteiger partial charge in [-0.1, -0.05) is 54.6 Å². The first-order chi connectivity index (χ1) is 15.6. The van der Waals surface area contributed by atoms with Gasteiger partial charge in [0, 0.05) is 58.3 Å². The minimum absolute atomic E-state index is 0. The van der Waals surface area contributed by atoms with Crippen molar-refractivity contribution < 1.29 is 4.79 Å². The van der Waals surface area contributed by atoms with Gasteiger partial charge in [-0.25, -0.2) is 0 Å². The number of aliphatic imine (C=N–C) groups is 1. The SMILES string of the molecule is CN=C(NCc1ccc(CN2CCCC2=O)cc1)NC1CC(C)N(Cc2ccccc2)C1.I. The summed E-state index contributed by atoms with van der Waals surface area (Å²) in [6.07, 6.45) is 2.78. The Morgan fingerprint density at radius 2 is 1.73 bits per heavy atom. The predicted octanol–water partition coefficient (Wildman–Crippen LogP) is 3.76. The molecule has 2 unspecified atom stereocenters. The molecule has 0 aromatic heterocycles. The van der Waals surface area contributed by atoms with Crippen molar-refractivity contribution in [2.24, 2.45) is 4.99 Å². The number of hydrogen-bond donors (Lipinski definition) is 2. The van der Waals surface area contributed by atoms with Crippen LogP contribution in [0.4, 0.5) is 0 Å². The Morgan fingerprint density at radius 3 is 2.39 bits per heavy atom. The first-order valence-electron chi connectivity index (χ1n) is 11.7. The topological polar surface area (TPSA) is 60.0 Å². The van der Waals surface area contributed by atoms with Gasteiger partial charge in [0.25, 0.3) is 0 Å². The van der Waals surface area contributed by atoms with E-state index in [4.69, 9.17) is 0 Å². The molecule has 2 N–H and O–H groups in total. The van der Waals surface area contributed by atoms with Crippen LogP contribution in [0, 0.1) is 0 Å². The zero-order chi connectivity index (χ0) is 22.3. The Bertz CT molecular complexity index is 918. The average Bonchev–Trinajstić information content (AvgIpc) is 3.37. The number of rotatable bonds is 7. The Kier molecular flexibility index (Phi) is 9.55. The van der Waals surface area contributed by atoms with Gasteiger partial charge in [-0.15, -0.1) is 24.0 Å². The predicted molar refractivity (Wildman–Crippen MR) is 145 cm³/mol. The molecule has 6 nitrogen and oxygen atoms in total. The number of hydrogen-bond acceptors (Lipinski definition) is 3. The Morgan fingerprint density at radius 1 is 1.03 bits per heavy atom. The minimum Gasteiger partial charge on any atom is -0.352 e. The van der Waals surface area contributed by atoms with Crippen LogP contribution in [0.3, 0.4) is 0 Å². The van der Waals surface area contributed by atoms with Gasteiger partial charge in [0.1, 0.15) is 0 Å². The Balaban J connectivity index is 0.00000306. The van der Waals surface area contributed by atoms with E-state index in [1.165, 1.54) is 16.7 Å². The van der Waals surface area contributed by atoms with Crippen LogP contribution < -0.4 is 10.6 Å². The second-order valence-corrected chi connectivity index (χ2v) is 9.00. The van der Waals surface area contributed by atoms with Gasteiger partial charge in [-0.2, -0.15) is 0 Å². The smallest absolute Gasteiger partial charge is 0.222 e. The summed E-state index contributed by atoms with van der Waals surface area (Å²) in [6.45, 7) is 6.63. The van der Waals surface area contributed by atoms with Crippen LogP contribution in [-0.2, 0) is 24.4 Å². The van der Waals surface area contributed by atoms with Gasteiger partial charge in [0.05, 0.1) is 0 Å². The standard InChI is InChI=1S/C26H35N5O.HI/c1-20-15-24(19-31(20)18-22-7-4-3-5-8-22)29-26(27-2)28-16-21-10-12-23(13-11-21)17-30-14-6-9-25(30)32;/h3-5,7-8,10-13,20,24H,6,9,14-19H2,1-2H3,(H2,27,28,29);1H. The van der Waals surface area contributed by atoms with E-state index < -0.39 is 0 Å². The summed E-state index contributed by atoms with van der Waals surface area (Å²) in [5.74, 6) is 1.12. The van der Waals surface area contributed by atoms with E-state index >= 15 is 0 Å². The molecular formula is C26H36IN5O. The van der Waals surface area contributed by atoms with E-state index in [0.717, 1.165) is 51.5 Å². The van der Waals surface area contributed by atoms with E-state index in [0.29, 0.717) is 18.5 Å². The normalized spacial score (nSPS) is 21.2. The van der Waals surface area contributed by atoms with Crippen molar-refractivity contribution >= 4 is 35.8 Å². The number of carbonyl (C=O) groups is 1. The maximum atomic E-state index is 11.8. The molecule has 0 spiro atoms. The van der Waals surface area contributed by atoms with Crippen molar-refractivity contribution in [3.05, 3.63) is 71.3 Å². The third-order valence-electron chi connectivity index (χ3n) is 6.52. The first kappa shape index (κ1) is 25.5. The molecule has 0 aliphatic carbocycles. The van der Waals surface area contributed by atoms with Crippen LogP contribution in [0.5, 0.6) is 0 Å². The lowest BCUT2D eigenvalue weighted by molar-refractivity contribution is -0.128. The number of nitrogens with zero attached hydrogens (tertiary/aromatic N) is 3. The lowest BCUT2D eigenvalue weighted by Gasteiger charge is -2.21. The number of halogens is 1. The molecule has 2 aliphatic rings. The fraction of sp³-hybridized carbons (Fsp3) is 0.462. The molecule has 4 rings (SSSR count). The van der Waals surface area contributed by atoms with Gasteiger partial charge < -0.3 is 15.5 Å². The molecule has 178 valence electrons. The molecule has 2 aromatic carbocycles. The van der Waals surface area contributed by atoms with E-state index in [2.05, 4.69) is 82.0 Å². The van der Waals surface area contributed by atoms with Crippen molar-refractivity contribution in [1.29, 1.82) is 0 Å². The van der Waals surface area contributed by atoms with Gasteiger partial charge in [-0.05, 0) is 36.5 Å². The van der Waals surface area contributed by atoms with Gasteiger partial charge in [0.15, 0.2) is 5.96 Å². The van der Waals surface area contributed by atoms with Crippen LogP contribution in [0.1, 0.15) is 42.9 Å². The van der Waals surface area contributed by atoms with Crippen LogP contribution in [0.2, 0.25) is 0 Å². The maximum Gasteiger partial charge on any atom is 0.222 e. The zero-order valence-electron chi connectivity index (χ0n) is 19.7. The second kappa shape index (κ2) is 12.4. The summed E-state index contributed by atoms with van der Waals surface area (Å²) in [7, 11) is 1.83. The summed E-state index contributed by atoms with van der Waals surface area (Å²) in [6, 6.07) is 20.1. The molecule has 0 saturated carbocycles. The maximum absolute atomic E-state index is 11.8.